The van der Waals surface area contributed by atoms with Crippen LogP contribution in [0.5, 0.6) is 0 Å². The number of rotatable bonds is 5. The third-order valence-electron chi connectivity index (χ3n) is 4.80. The average Bonchev–Trinajstić information content (AvgIpc) is 3.38. The number of carbonyl (C=O) groups excluding carboxylic acids is 2. The van der Waals surface area contributed by atoms with Crippen LogP contribution in [0.25, 0.3) is 0 Å². The van der Waals surface area contributed by atoms with Gasteiger partial charge in [0.05, 0.1) is 6.04 Å². The molecule has 2 aliphatic rings. The molecule has 1 saturated carbocycles. The zero-order valence-corrected chi connectivity index (χ0v) is 13.9. The van der Waals surface area contributed by atoms with E-state index < -0.39 is 0 Å². The Bertz CT molecular complexity index is 572. The summed E-state index contributed by atoms with van der Waals surface area (Å²) in [5.41, 5.74) is 1.89. The Morgan fingerprint density at radius 3 is 2.22 bits per heavy atom. The average molecular weight is 315 g/mol. The molecular formula is C18H25N3O2. The smallest absolute Gasteiger partial charge is 0.237 e. The van der Waals surface area contributed by atoms with Crippen LogP contribution in [0.1, 0.15) is 37.0 Å². The number of nitrogens with zero attached hydrogens (tertiary/aromatic N) is 2. The van der Waals surface area contributed by atoms with Crippen molar-refractivity contribution >= 4 is 17.4 Å². The van der Waals surface area contributed by atoms with E-state index in [2.05, 4.69) is 15.1 Å². The lowest BCUT2D eigenvalue weighted by atomic mass is 10.1. The summed E-state index contributed by atoms with van der Waals surface area (Å²) in [6.45, 7) is 7.15. The number of hydrogen-bond donors (Lipinski definition) is 1. The van der Waals surface area contributed by atoms with Crippen LogP contribution in [0.3, 0.4) is 0 Å². The topological polar surface area (TPSA) is 52.7 Å². The molecule has 0 unspecified atom stereocenters. The molecule has 0 spiro atoms. The summed E-state index contributed by atoms with van der Waals surface area (Å²) in [6, 6.07) is 8.15. The molecule has 1 saturated heterocycles. The fourth-order valence-electron chi connectivity index (χ4n) is 2.99. The van der Waals surface area contributed by atoms with Gasteiger partial charge in [-0.25, -0.2) is 0 Å². The number of amides is 1. The van der Waals surface area contributed by atoms with E-state index in [4.69, 9.17) is 0 Å². The van der Waals surface area contributed by atoms with E-state index in [9.17, 15) is 9.59 Å². The Balaban J connectivity index is 1.53. The molecule has 1 aliphatic carbocycles. The molecule has 0 bridgehead atoms. The molecule has 2 fully saturated rings. The number of Topliss-reactive ketones (excluding diaryl/α,β-unsaturated/α-hetero) is 1. The highest BCUT2D eigenvalue weighted by Gasteiger charge is 2.29. The van der Waals surface area contributed by atoms with Crippen LogP contribution < -0.4 is 10.2 Å². The fraction of sp³-hybridized carbons (Fsp3) is 0.556. The first-order chi connectivity index (χ1) is 11.0. The molecule has 0 radical (unpaired) electrons. The fourth-order valence-corrected chi connectivity index (χ4v) is 2.99. The molecule has 124 valence electrons. The molecule has 5 nitrogen and oxygen atoms in total. The van der Waals surface area contributed by atoms with Gasteiger partial charge in [0.2, 0.25) is 5.91 Å². The van der Waals surface area contributed by atoms with Crippen molar-refractivity contribution in [3.63, 3.8) is 0 Å². The summed E-state index contributed by atoms with van der Waals surface area (Å²) in [5.74, 6) is 0.253. The van der Waals surface area contributed by atoms with Gasteiger partial charge in [-0.2, -0.15) is 0 Å². The van der Waals surface area contributed by atoms with Gasteiger partial charge in [0.1, 0.15) is 0 Å². The minimum Gasteiger partial charge on any atom is -0.369 e. The highest BCUT2D eigenvalue weighted by Crippen LogP contribution is 2.20. The predicted molar refractivity (Wildman–Crippen MR) is 90.9 cm³/mol. The van der Waals surface area contributed by atoms with Gasteiger partial charge in [-0.15, -0.1) is 0 Å². The number of benzene rings is 1. The Morgan fingerprint density at radius 2 is 1.70 bits per heavy atom. The quantitative estimate of drug-likeness (QED) is 0.840. The lowest BCUT2D eigenvalue weighted by Gasteiger charge is -2.38. The molecule has 3 rings (SSSR count). The van der Waals surface area contributed by atoms with Crippen LogP contribution in [-0.2, 0) is 4.79 Å². The molecule has 1 heterocycles. The van der Waals surface area contributed by atoms with Crippen molar-refractivity contribution in [1.82, 2.24) is 10.2 Å². The van der Waals surface area contributed by atoms with E-state index in [-0.39, 0.29) is 17.7 Å². The second-order valence-electron chi connectivity index (χ2n) is 6.58. The Labute approximate surface area is 137 Å². The van der Waals surface area contributed by atoms with Gasteiger partial charge in [0, 0.05) is 43.5 Å². The third-order valence-corrected chi connectivity index (χ3v) is 4.80. The first kappa shape index (κ1) is 16.0. The Hall–Kier alpha value is -1.88. The summed E-state index contributed by atoms with van der Waals surface area (Å²) < 4.78 is 0. The standard InChI is InChI=1S/C18H25N3O2/c1-13(18(23)19-16-5-6-16)20-9-11-21(12-10-20)17-7-3-15(4-8-17)14(2)22/h3-4,7-8,13,16H,5-6,9-12H2,1-2H3,(H,19,23)/t13-/m1/s1. The van der Waals surface area contributed by atoms with Crippen molar-refractivity contribution in [1.29, 1.82) is 0 Å². The van der Waals surface area contributed by atoms with Crippen LogP contribution in [-0.4, -0.2) is 54.9 Å². The zero-order valence-electron chi connectivity index (χ0n) is 13.9. The van der Waals surface area contributed by atoms with Gasteiger partial charge >= 0.3 is 0 Å². The van der Waals surface area contributed by atoms with E-state index in [1.54, 1.807) is 6.92 Å². The SMILES string of the molecule is CC(=O)c1ccc(N2CCN([C@H](C)C(=O)NC3CC3)CC2)cc1. The highest BCUT2D eigenvalue weighted by atomic mass is 16.2. The maximum Gasteiger partial charge on any atom is 0.237 e. The number of anilines is 1. The minimum atomic E-state index is -0.0576. The summed E-state index contributed by atoms with van der Waals surface area (Å²) in [4.78, 5) is 28.0. The largest absolute Gasteiger partial charge is 0.369 e. The molecule has 1 atom stereocenters. The summed E-state index contributed by atoms with van der Waals surface area (Å²) in [6.07, 6.45) is 2.25. The van der Waals surface area contributed by atoms with E-state index in [0.29, 0.717) is 6.04 Å². The van der Waals surface area contributed by atoms with Crippen molar-refractivity contribution in [3.8, 4) is 0 Å². The minimum absolute atomic E-state index is 0.0576. The lowest BCUT2D eigenvalue weighted by Crippen LogP contribution is -2.54. The second-order valence-corrected chi connectivity index (χ2v) is 6.58. The summed E-state index contributed by atoms with van der Waals surface area (Å²) in [7, 11) is 0. The van der Waals surface area contributed by atoms with E-state index >= 15 is 0 Å². The van der Waals surface area contributed by atoms with Gasteiger partial charge in [0.25, 0.3) is 0 Å². The summed E-state index contributed by atoms with van der Waals surface area (Å²) >= 11 is 0. The normalized spacial score (nSPS) is 20.2. The predicted octanol–water partition coefficient (Wildman–Crippen LogP) is 1.68. The van der Waals surface area contributed by atoms with Crippen LogP contribution >= 0.6 is 0 Å². The van der Waals surface area contributed by atoms with Gasteiger partial charge in [0.15, 0.2) is 5.78 Å². The molecule has 1 aliphatic heterocycles. The highest BCUT2D eigenvalue weighted by molar-refractivity contribution is 5.94. The maximum absolute atomic E-state index is 12.1. The van der Waals surface area contributed by atoms with Crippen LogP contribution in [0.15, 0.2) is 24.3 Å². The molecule has 1 aromatic carbocycles. The maximum atomic E-state index is 12.1. The second kappa shape index (κ2) is 6.71. The number of nitrogens with one attached hydrogen (secondary N) is 1. The van der Waals surface area contributed by atoms with Crippen LogP contribution in [0, 0.1) is 0 Å². The van der Waals surface area contributed by atoms with E-state index in [0.717, 1.165) is 50.3 Å². The van der Waals surface area contributed by atoms with Gasteiger partial charge in [-0.1, -0.05) is 0 Å². The third kappa shape index (κ3) is 3.91. The number of carbonyl (C=O) groups is 2. The first-order valence-corrected chi connectivity index (χ1v) is 8.45. The Kier molecular flexibility index (Phi) is 4.66. The van der Waals surface area contributed by atoms with Crippen molar-refractivity contribution < 1.29 is 9.59 Å². The van der Waals surface area contributed by atoms with E-state index in [1.807, 2.05) is 31.2 Å². The molecule has 0 aromatic heterocycles. The van der Waals surface area contributed by atoms with Crippen molar-refractivity contribution in [2.75, 3.05) is 31.1 Å². The van der Waals surface area contributed by atoms with Gasteiger partial charge in [-0.05, 0) is 51.0 Å². The van der Waals surface area contributed by atoms with Gasteiger partial charge < -0.3 is 10.2 Å². The van der Waals surface area contributed by atoms with Crippen LogP contribution in [0.4, 0.5) is 5.69 Å². The summed E-state index contributed by atoms with van der Waals surface area (Å²) in [5, 5.41) is 3.08. The van der Waals surface area contributed by atoms with Gasteiger partial charge in [-0.3, -0.25) is 14.5 Å². The molecule has 23 heavy (non-hydrogen) atoms. The first-order valence-electron chi connectivity index (χ1n) is 8.45. The van der Waals surface area contributed by atoms with Crippen molar-refractivity contribution in [2.45, 2.75) is 38.8 Å². The number of piperazine rings is 1. The number of ketones is 1. The monoisotopic (exact) mass is 315 g/mol. The number of hydrogen-bond acceptors (Lipinski definition) is 4. The lowest BCUT2D eigenvalue weighted by molar-refractivity contribution is -0.126. The molecular weight excluding hydrogens is 290 g/mol. The van der Waals surface area contributed by atoms with Crippen molar-refractivity contribution in [2.24, 2.45) is 0 Å². The van der Waals surface area contributed by atoms with Crippen LogP contribution in [0.2, 0.25) is 0 Å². The van der Waals surface area contributed by atoms with E-state index in [1.165, 1.54) is 0 Å². The molecule has 1 N–H and O–H groups in total. The molecule has 1 aromatic rings. The van der Waals surface area contributed by atoms with Crippen molar-refractivity contribution in [3.05, 3.63) is 29.8 Å². The zero-order chi connectivity index (χ0) is 16.4. The Morgan fingerprint density at radius 1 is 1.09 bits per heavy atom. The molecule has 5 heteroatoms. The molecule has 1 amide bonds.